The van der Waals surface area contributed by atoms with E-state index in [0.717, 1.165) is 27.0 Å². The van der Waals surface area contributed by atoms with Gasteiger partial charge in [-0.1, -0.05) is 57.5 Å². The Morgan fingerprint density at radius 3 is 2.48 bits per heavy atom. The first kappa shape index (κ1) is 21.1. The van der Waals surface area contributed by atoms with Gasteiger partial charge in [0.15, 0.2) is 5.16 Å². The molecule has 0 fully saturated rings. The topological polar surface area (TPSA) is 73.2 Å². The summed E-state index contributed by atoms with van der Waals surface area (Å²) in [4.78, 5) is 28.6. The molecule has 0 aliphatic heterocycles. The number of hydrogen-bond acceptors (Lipinski definition) is 5. The molecule has 2 aromatic carbocycles. The van der Waals surface area contributed by atoms with E-state index in [1.165, 1.54) is 18.9 Å². The van der Waals surface area contributed by atoms with Crippen LogP contribution in [0.3, 0.4) is 0 Å². The van der Waals surface area contributed by atoms with Crippen molar-refractivity contribution in [3.8, 4) is 11.3 Å². The number of methoxy groups -OCH3 is 1. The molecule has 0 bridgehead atoms. The lowest BCUT2D eigenvalue weighted by Gasteiger charge is -2.11. The largest absolute Gasteiger partial charge is 0.468 e. The highest BCUT2D eigenvalue weighted by Gasteiger charge is 2.17. The molecule has 1 aromatic heterocycles. The first-order chi connectivity index (χ1) is 14.0. The third-order valence-corrected chi connectivity index (χ3v) is 5.66. The number of hydrogen-bond donors (Lipinski definition) is 1. The number of benzene rings is 2. The Kier molecular flexibility index (Phi) is 7.11. The van der Waals surface area contributed by atoms with E-state index in [0.29, 0.717) is 5.16 Å². The molecule has 0 aliphatic rings. The van der Waals surface area contributed by atoms with Crippen molar-refractivity contribution in [2.75, 3.05) is 18.2 Å². The van der Waals surface area contributed by atoms with Gasteiger partial charge in [-0.05, 0) is 36.8 Å². The van der Waals surface area contributed by atoms with E-state index in [2.05, 4.69) is 26.2 Å². The smallest absolute Gasteiger partial charge is 0.325 e. The zero-order valence-corrected chi connectivity index (χ0v) is 18.4. The van der Waals surface area contributed by atoms with E-state index >= 15 is 0 Å². The second-order valence-electron chi connectivity index (χ2n) is 6.30. The van der Waals surface area contributed by atoms with Gasteiger partial charge in [-0.15, -0.1) is 0 Å². The molecular weight excluding hydrogens is 454 g/mol. The summed E-state index contributed by atoms with van der Waals surface area (Å²) in [5.74, 6) is -0.352. The summed E-state index contributed by atoms with van der Waals surface area (Å²) < 4.78 is 7.54. The summed E-state index contributed by atoms with van der Waals surface area (Å²) in [5, 5.41) is 3.44. The van der Waals surface area contributed by atoms with Crippen molar-refractivity contribution in [2.24, 2.45) is 0 Å². The number of carbonyl (C=O) groups excluding carboxylic acids is 2. The molecule has 150 valence electrons. The number of aromatic nitrogens is 2. The third-order valence-electron chi connectivity index (χ3n) is 4.14. The second-order valence-corrected chi connectivity index (χ2v) is 8.16. The van der Waals surface area contributed by atoms with Crippen molar-refractivity contribution in [3.63, 3.8) is 0 Å². The van der Waals surface area contributed by atoms with E-state index < -0.39 is 0 Å². The van der Waals surface area contributed by atoms with E-state index in [9.17, 15) is 9.59 Å². The molecule has 0 aliphatic carbocycles. The lowest BCUT2D eigenvalue weighted by molar-refractivity contribution is -0.141. The molecule has 6 nitrogen and oxygen atoms in total. The molecule has 0 atom stereocenters. The fraction of sp³-hybridized carbons (Fsp3) is 0.190. The number of anilines is 1. The zero-order chi connectivity index (χ0) is 20.8. The first-order valence-corrected chi connectivity index (χ1v) is 10.6. The van der Waals surface area contributed by atoms with Crippen molar-refractivity contribution in [1.29, 1.82) is 0 Å². The average molecular weight is 474 g/mol. The van der Waals surface area contributed by atoms with Gasteiger partial charge in [0.2, 0.25) is 5.91 Å². The van der Waals surface area contributed by atoms with Gasteiger partial charge in [0.25, 0.3) is 0 Å². The number of halogens is 1. The van der Waals surface area contributed by atoms with Crippen LogP contribution in [0.1, 0.15) is 5.56 Å². The second kappa shape index (κ2) is 9.76. The van der Waals surface area contributed by atoms with E-state index in [-0.39, 0.29) is 24.2 Å². The Morgan fingerprint density at radius 1 is 1.14 bits per heavy atom. The first-order valence-electron chi connectivity index (χ1n) is 8.84. The monoisotopic (exact) mass is 473 g/mol. The molecule has 0 radical (unpaired) electrons. The predicted molar refractivity (Wildman–Crippen MR) is 118 cm³/mol. The number of ether oxygens (including phenoxy) is 1. The van der Waals surface area contributed by atoms with E-state index in [1.54, 1.807) is 10.8 Å². The van der Waals surface area contributed by atoms with Gasteiger partial charge in [0, 0.05) is 10.2 Å². The highest BCUT2D eigenvalue weighted by molar-refractivity contribution is 9.10. The van der Waals surface area contributed by atoms with Crippen molar-refractivity contribution in [2.45, 2.75) is 18.6 Å². The summed E-state index contributed by atoms with van der Waals surface area (Å²) >= 11 is 4.69. The summed E-state index contributed by atoms with van der Waals surface area (Å²) in [6.07, 6.45) is 1.70. The Morgan fingerprint density at radius 2 is 1.83 bits per heavy atom. The Balaban J connectivity index is 1.75. The quantitative estimate of drug-likeness (QED) is 0.403. The standard InChI is InChI=1S/C21H20BrN3O3S/c1-14-3-9-17(10-4-14)24-19(26)13-29-21-23-11-18(25(21)12-20(27)28-2)15-5-7-16(22)8-6-15/h3-11H,12-13H2,1-2H3,(H,24,26). The molecule has 1 N–H and O–H groups in total. The van der Waals surface area contributed by atoms with Gasteiger partial charge in [-0.25, -0.2) is 4.98 Å². The summed E-state index contributed by atoms with van der Waals surface area (Å²) in [5.41, 5.74) is 3.57. The zero-order valence-electron chi connectivity index (χ0n) is 16.0. The molecule has 0 saturated carbocycles. The van der Waals surface area contributed by atoms with Gasteiger partial charge in [-0.3, -0.25) is 9.59 Å². The van der Waals surface area contributed by atoms with Crippen LogP contribution in [0.2, 0.25) is 0 Å². The number of amides is 1. The third kappa shape index (κ3) is 5.71. The molecule has 0 spiro atoms. The van der Waals surface area contributed by atoms with Gasteiger partial charge in [0.1, 0.15) is 6.54 Å². The predicted octanol–water partition coefficient (Wildman–Crippen LogP) is 4.52. The Bertz CT molecular complexity index is 1000. The molecular formula is C21H20BrN3O3S. The Hall–Kier alpha value is -2.58. The average Bonchev–Trinajstić information content (AvgIpc) is 3.11. The number of aryl methyl sites for hydroxylation is 1. The SMILES string of the molecule is COC(=O)Cn1c(-c2ccc(Br)cc2)cnc1SCC(=O)Nc1ccc(C)cc1. The van der Waals surface area contributed by atoms with Gasteiger partial charge in [-0.2, -0.15) is 0 Å². The Labute approximate surface area is 181 Å². The number of nitrogens with one attached hydrogen (secondary N) is 1. The van der Waals surface area contributed by atoms with Crippen molar-refractivity contribution < 1.29 is 14.3 Å². The van der Waals surface area contributed by atoms with Gasteiger partial charge < -0.3 is 14.6 Å². The van der Waals surface area contributed by atoms with Crippen LogP contribution < -0.4 is 5.32 Å². The van der Waals surface area contributed by atoms with Gasteiger partial charge >= 0.3 is 5.97 Å². The maximum Gasteiger partial charge on any atom is 0.325 e. The highest BCUT2D eigenvalue weighted by atomic mass is 79.9. The molecule has 8 heteroatoms. The number of rotatable bonds is 7. The fourth-order valence-electron chi connectivity index (χ4n) is 2.64. The van der Waals surface area contributed by atoms with E-state index in [1.807, 2.05) is 55.5 Å². The number of thioether (sulfide) groups is 1. The minimum atomic E-state index is -0.382. The van der Waals surface area contributed by atoms with E-state index in [4.69, 9.17) is 4.74 Å². The van der Waals surface area contributed by atoms with Crippen LogP contribution in [-0.2, 0) is 20.9 Å². The molecule has 1 amide bonds. The molecule has 29 heavy (non-hydrogen) atoms. The minimum absolute atomic E-state index is 0.0177. The number of carbonyl (C=O) groups is 2. The van der Waals surface area contributed by atoms with Gasteiger partial charge in [0.05, 0.1) is 24.8 Å². The summed E-state index contributed by atoms with van der Waals surface area (Å²) in [6, 6.07) is 15.3. The van der Waals surface area contributed by atoms with Crippen LogP contribution in [0, 0.1) is 6.92 Å². The summed E-state index contributed by atoms with van der Waals surface area (Å²) in [7, 11) is 1.35. The van der Waals surface area contributed by atoms with Crippen molar-refractivity contribution >= 4 is 45.3 Å². The van der Waals surface area contributed by atoms with Crippen LogP contribution in [0.25, 0.3) is 11.3 Å². The van der Waals surface area contributed by atoms with Crippen LogP contribution >= 0.6 is 27.7 Å². The summed E-state index contributed by atoms with van der Waals surface area (Å²) in [6.45, 7) is 2.01. The van der Waals surface area contributed by atoms with Crippen LogP contribution in [0.4, 0.5) is 5.69 Å². The highest BCUT2D eigenvalue weighted by Crippen LogP contribution is 2.27. The minimum Gasteiger partial charge on any atom is -0.468 e. The van der Waals surface area contributed by atoms with Crippen LogP contribution in [0.15, 0.2) is 64.4 Å². The van der Waals surface area contributed by atoms with Crippen LogP contribution in [-0.4, -0.2) is 34.3 Å². The molecule has 1 heterocycles. The number of nitrogens with zero attached hydrogens (tertiary/aromatic N) is 2. The molecule has 3 aromatic rings. The van der Waals surface area contributed by atoms with Crippen molar-refractivity contribution in [3.05, 3.63) is 64.8 Å². The molecule has 3 rings (SSSR count). The molecule has 0 saturated heterocycles. The maximum absolute atomic E-state index is 12.3. The lowest BCUT2D eigenvalue weighted by Crippen LogP contribution is -2.16. The fourth-order valence-corrected chi connectivity index (χ4v) is 3.68. The number of imidazole rings is 1. The van der Waals surface area contributed by atoms with Crippen molar-refractivity contribution in [1.82, 2.24) is 9.55 Å². The molecule has 0 unspecified atom stereocenters. The normalized spacial score (nSPS) is 10.6. The maximum atomic E-state index is 12.3. The number of esters is 1. The lowest BCUT2D eigenvalue weighted by atomic mass is 10.2. The van der Waals surface area contributed by atoms with Crippen LogP contribution in [0.5, 0.6) is 0 Å².